The van der Waals surface area contributed by atoms with Crippen LogP contribution in [0.25, 0.3) is 126 Å². The summed E-state index contributed by atoms with van der Waals surface area (Å²) < 4.78 is 15.3. The van der Waals surface area contributed by atoms with Gasteiger partial charge in [-0.15, -0.1) is 0 Å². The van der Waals surface area contributed by atoms with Gasteiger partial charge in [0.15, 0.2) is 0 Å². The van der Waals surface area contributed by atoms with Gasteiger partial charge in [-0.25, -0.2) is 4.98 Å². The molecule has 0 bridgehead atoms. The molecule has 5 nitrogen and oxygen atoms in total. The molecule has 0 fully saturated rings. The Morgan fingerprint density at radius 1 is 0.368 bits per heavy atom. The van der Waals surface area contributed by atoms with Gasteiger partial charge >= 0.3 is 0 Å². The van der Waals surface area contributed by atoms with E-state index in [2.05, 4.69) is 150 Å². The molecule has 0 aliphatic heterocycles. The van der Waals surface area contributed by atoms with Crippen LogP contribution < -0.4 is 0 Å². The van der Waals surface area contributed by atoms with E-state index in [9.17, 15) is 0 Å². The summed E-state index contributed by atoms with van der Waals surface area (Å²) in [6.07, 6.45) is 0. The fourth-order valence-corrected chi connectivity index (χ4v) is 9.31. The van der Waals surface area contributed by atoms with Crippen molar-refractivity contribution in [3.8, 4) is 28.3 Å². The molecule has 13 aromatic rings. The van der Waals surface area contributed by atoms with Crippen molar-refractivity contribution in [3.63, 3.8) is 0 Å². The maximum Gasteiger partial charge on any atom is 0.238 e. The molecule has 4 aromatic heterocycles. The zero-order chi connectivity index (χ0) is 37.2. The lowest BCUT2D eigenvalue weighted by Gasteiger charge is -2.13. The number of hydrogen-bond acceptors (Lipinski definition) is 4. The molecule has 0 aliphatic carbocycles. The van der Waals surface area contributed by atoms with E-state index in [0.29, 0.717) is 11.7 Å². The van der Waals surface area contributed by atoms with Crippen LogP contribution in [-0.4, -0.2) is 14.5 Å². The number of aromatic nitrogens is 3. The van der Waals surface area contributed by atoms with E-state index in [0.717, 1.165) is 87.5 Å². The van der Waals surface area contributed by atoms with Crippen LogP contribution in [0.1, 0.15) is 0 Å². The summed E-state index contributed by atoms with van der Waals surface area (Å²) >= 11 is 0. The molecule has 13 rings (SSSR count). The van der Waals surface area contributed by atoms with Crippen molar-refractivity contribution >= 4 is 98.1 Å². The fraction of sp³-hybridized carbons (Fsp3) is 0. The van der Waals surface area contributed by atoms with Crippen LogP contribution in [0.3, 0.4) is 0 Å². The Labute approximate surface area is 324 Å². The molecule has 0 N–H and O–H groups in total. The molecule has 4 heterocycles. The zero-order valence-corrected chi connectivity index (χ0v) is 30.4. The Bertz CT molecular complexity index is 3820. The maximum atomic E-state index is 6.61. The second-order valence-electron chi connectivity index (χ2n) is 14.9. The van der Waals surface area contributed by atoms with E-state index >= 15 is 0 Å². The van der Waals surface area contributed by atoms with Gasteiger partial charge in [0.1, 0.15) is 16.7 Å². The van der Waals surface area contributed by atoms with Crippen LogP contribution in [0.4, 0.5) is 0 Å². The summed E-state index contributed by atoms with van der Waals surface area (Å²) in [5.74, 6) is 0.552. The predicted molar refractivity (Wildman–Crippen MR) is 234 cm³/mol. The Kier molecular flexibility index (Phi) is 6.10. The Morgan fingerprint density at radius 2 is 0.982 bits per heavy atom. The number of rotatable bonds is 3. The van der Waals surface area contributed by atoms with Gasteiger partial charge in [-0.3, -0.25) is 4.57 Å². The lowest BCUT2D eigenvalue weighted by atomic mass is 9.94. The first kappa shape index (κ1) is 30.6. The van der Waals surface area contributed by atoms with Gasteiger partial charge in [0.25, 0.3) is 0 Å². The molecule has 5 heteroatoms. The standard InChI is InChI=1S/C52H29N3O2/c1-2-12-30(13-3-1)31-22-23-33-29-34(25-24-32(33)28-31)49-48-39-18-8-11-21-43(39)57-51(48)54-52(53-49)55-41-19-9-6-16-37(41)46-36-15-5-4-14-35(36)45-40(50(46)55)26-27-44-47(45)38-17-7-10-20-42(38)56-44/h1-29H. The summed E-state index contributed by atoms with van der Waals surface area (Å²) in [6, 6.07) is 61.9. The van der Waals surface area contributed by atoms with Gasteiger partial charge in [-0.05, 0) is 75.1 Å². The minimum absolute atomic E-state index is 0.551. The smallest absolute Gasteiger partial charge is 0.238 e. The number of benzene rings is 9. The van der Waals surface area contributed by atoms with Gasteiger partial charge in [0.05, 0.1) is 22.1 Å². The minimum atomic E-state index is 0.551. The summed E-state index contributed by atoms with van der Waals surface area (Å²) in [5.41, 5.74) is 9.35. The number of nitrogens with zero attached hydrogens (tertiary/aromatic N) is 3. The first-order valence-electron chi connectivity index (χ1n) is 19.2. The van der Waals surface area contributed by atoms with Gasteiger partial charge in [-0.2, -0.15) is 4.98 Å². The molecule has 264 valence electrons. The van der Waals surface area contributed by atoms with Gasteiger partial charge in [0.2, 0.25) is 11.7 Å². The molecule has 0 atom stereocenters. The van der Waals surface area contributed by atoms with E-state index in [4.69, 9.17) is 18.8 Å². The van der Waals surface area contributed by atoms with E-state index in [1.165, 1.54) is 27.3 Å². The fourth-order valence-electron chi connectivity index (χ4n) is 9.31. The highest BCUT2D eigenvalue weighted by molar-refractivity contribution is 6.38. The quantitative estimate of drug-likeness (QED) is 0.170. The minimum Gasteiger partial charge on any atom is -0.456 e. The summed E-state index contributed by atoms with van der Waals surface area (Å²) in [7, 11) is 0. The summed E-state index contributed by atoms with van der Waals surface area (Å²) in [6.45, 7) is 0. The Morgan fingerprint density at radius 3 is 1.77 bits per heavy atom. The lowest BCUT2D eigenvalue weighted by Crippen LogP contribution is -2.03. The number of fused-ring (bicyclic) bond motifs is 16. The average Bonchev–Trinajstić information content (AvgIpc) is 3.96. The normalized spacial score (nSPS) is 12.2. The van der Waals surface area contributed by atoms with Gasteiger partial charge in [-0.1, -0.05) is 133 Å². The Hall–Kier alpha value is -7.76. The molecule has 9 aromatic carbocycles. The van der Waals surface area contributed by atoms with Crippen molar-refractivity contribution in [1.82, 2.24) is 14.5 Å². The van der Waals surface area contributed by atoms with Crippen molar-refractivity contribution in [2.45, 2.75) is 0 Å². The molecule has 0 radical (unpaired) electrons. The third-order valence-electron chi connectivity index (χ3n) is 11.8. The number of furan rings is 2. The predicted octanol–water partition coefficient (Wildman–Crippen LogP) is 14.2. The highest BCUT2D eigenvalue weighted by atomic mass is 16.3. The highest BCUT2D eigenvalue weighted by Gasteiger charge is 2.25. The maximum absolute atomic E-state index is 6.61. The van der Waals surface area contributed by atoms with Gasteiger partial charge in [0, 0.05) is 43.3 Å². The molecule has 0 unspecified atom stereocenters. The first-order valence-corrected chi connectivity index (χ1v) is 19.2. The van der Waals surface area contributed by atoms with Crippen LogP contribution in [0.15, 0.2) is 185 Å². The third-order valence-corrected chi connectivity index (χ3v) is 11.8. The van der Waals surface area contributed by atoms with Crippen molar-refractivity contribution < 1.29 is 8.83 Å². The van der Waals surface area contributed by atoms with Crippen molar-refractivity contribution in [2.75, 3.05) is 0 Å². The monoisotopic (exact) mass is 727 g/mol. The highest BCUT2D eigenvalue weighted by Crippen LogP contribution is 2.47. The van der Waals surface area contributed by atoms with E-state index < -0.39 is 0 Å². The number of hydrogen-bond donors (Lipinski definition) is 0. The molecule has 0 saturated carbocycles. The van der Waals surface area contributed by atoms with E-state index in [1.807, 2.05) is 30.3 Å². The van der Waals surface area contributed by atoms with Crippen LogP contribution >= 0.6 is 0 Å². The van der Waals surface area contributed by atoms with E-state index in [1.54, 1.807) is 0 Å². The SMILES string of the molecule is c1ccc(-c2ccc3cc(-c4nc(-n5c6ccccc6c6c7ccccc7c7c(ccc8oc9ccccc9c87)c65)nc5oc6ccccc6c45)ccc3c2)cc1. The third kappa shape index (κ3) is 4.28. The molecule has 0 aliphatic rings. The second kappa shape index (κ2) is 11.4. The topological polar surface area (TPSA) is 57.0 Å². The summed E-state index contributed by atoms with van der Waals surface area (Å²) in [4.78, 5) is 10.9. The number of para-hydroxylation sites is 3. The molecule has 0 saturated heterocycles. The largest absolute Gasteiger partial charge is 0.456 e. The van der Waals surface area contributed by atoms with Crippen LogP contribution in [-0.2, 0) is 0 Å². The molecule has 0 spiro atoms. The molecule has 57 heavy (non-hydrogen) atoms. The molecular weight excluding hydrogens is 699 g/mol. The van der Waals surface area contributed by atoms with Crippen LogP contribution in [0.5, 0.6) is 0 Å². The Balaban J connectivity index is 1.15. The van der Waals surface area contributed by atoms with Gasteiger partial charge < -0.3 is 8.83 Å². The van der Waals surface area contributed by atoms with Crippen LogP contribution in [0.2, 0.25) is 0 Å². The summed E-state index contributed by atoms with van der Waals surface area (Å²) in [5, 5.41) is 13.3. The lowest BCUT2D eigenvalue weighted by molar-refractivity contribution is 0.651. The average molecular weight is 728 g/mol. The van der Waals surface area contributed by atoms with Crippen molar-refractivity contribution in [3.05, 3.63) is 176 Å². The molecular formula is C52H29N3O2. The first-order chi connectivity index (χ1) is 28.3. The second-order valence-corrected chi connectivity index (χ2v) is 14.9. The van der Waals surface area contributed by atoms with Crippen molar-refractivity contribution in [2.24, 2.45) is 0 Å². The molecule has 0 amide bonds. The van der Waals surface area contributed by atoms with Crippen molar-refractivity contribution in [1.29, 1.82) is 0 Å². The van der Waals surface area contributed by atoms with Crippen LogP contribution in [0, 0.1) is 0 Å². The zero-order valence-electron chi connectivity index (χ0n) is 30.4. The van der Waals surface area contributed by atoms with E-state index in [-0.39, 0.29) is 0 Å².